The Labute approximate surface area is 114 Å². The van der Waals surface area contributed by atoms with E-state index in [1.54, 1.807) is 6.92 Å². The summed E-state index contributed by atoms with van der Waals surface area (Å²) in [5, 5.41) is 0. The second-order valence-electron chi connectivity index (χ2n) is 4.83. The Kier molecular flexibility index (Phi) is 4.04. The minimum atomic E-state index is -4.36. The number of rotatable bonds is 4. The van der Waals surface area contributed by atoms with Crippen molar-refractivity contribution in [3.05, 3.63) is 35.4 Å². The van der Waals surface area contributed by atoms with E-state index in [-0.39, 0.29) is 19.0 Å². The Morgan fingerprint density at radius 3 is 2.30 bits per heavy atom. The monoisotopic (exact) mass is 288 g/mol. The molecule has 0 radical (unpaired) electrons. The van der Waals surface area contributed by atoms with Crippen LogP contribution >= 0.6 is 0 Å². The van der Waals surface area contributed by atoms with E-state index in [1.807, 2.05) is 0 Å². The second-order valence-corrected chi connectivity index (χ2v) is 4.83. The fourth-order valence-corrected chi connectivity index (χ4v) is 2.22. The van der Waals surface area contributed by atoms with Gasteiger partial charge in [-0.05, 0) is 24.6 Å². The summed E-state index contributed by atoms with van der Waals surface area (Å²) in [5.41, 5.74) is -0.589. The van der Waals surface area contributed by atoms with Gasteiger partial charge >= 0.3 is 12.1 Å². The lowest BCUT2D eigenvalue weighted by Crippen LogP contribution is -2.48. The number of ether oxygens (including phenoxy) is 2. The third kappa shape index (κ3) is 2.95. The summed E-state index contributed by atoms with van der Waals surface area (Å²) in [6.45, 7) is 2.62. The molecule has 0 aliphatic carbocycles. The molecule has 1 aliphatic heterocycles. The highest BCUT2D eigenvalue weighted by Crippen LogP contribution is 2.38. The van der Waals surface area contributed by atoms with Gasteiger partial charge in [0, 0.05) is 0 Å². The van der Waals surface area contributed by atoms with Crippen molar-refractivity contribution >= 4 is 5.97 Å². The van der Waals surface area contributed by atoms with Crippen LogP contribution in [0.4, 0.5) is 13.2 Å². The van der Waals surface area contributed by atoms with Crippen molar-refractivity contribution in [2.75, 3.05) is 19.8 Å². The van der Waals surface area contributed by atoms with Crippen LogP contribution in [0.2, 0.25) is 0 Å². The average Bonchev–Trinajstić information content (AvgIpc) is 2.33. The number of hydrogen-bond donors (Lipinski definition) is 0. The van der Waals surface area contributed by atoms with Gasteiger partial charge in [0.2, 0.25) is 0 Å². The molecule has 1 aliphatic rings. The second kappa shape index (κ2) is 5.44. The topological polar surface area (TPSA) is 35.5 Å². The first-order valence-electron chi connectivity index (χ1n) is 6.28. The highest BCUT2D eigenvalue weighted by molar-refractivity contribution is 5.72. The summed E-state index contributed by atoms with van der Waals surface area (Å²) in [6.07, 6.45) is -4.24. The van der Waals surface area contributed by atoms with Gasteiger partial charge in [0.05, 0.1) is 37.2 Å². The van der Waals surface area contributed by atoms with Crippen LogP contribution in [0.25, 0.3) is 0 Å². The Morgan fingerprint density at radius 1 is 1.30 bits per heavy atom. The summed E-state index contributed by atoms with van der Waals surface area (Å²) in [5.74, 6) is -0.365. The van der Waals surface area contributed by atoms with Gasteiger partial charge in [-0.1, -0.05) is 12.1 Å². The standard InChI is InChI=1S/C14H15F3O3/c1-2-20-12(18)7-13(8-19-9-13)10-3-5-11(6-4-10)14(15,16)17/h3-6H,2,7-9H2,1H3. The molecule has 1 aromatic carbocycles. The largest absolute Gasteiger partial charge is 0.466 e. The van der Waals surface area contributed by atoms with Crippen molar-refractivity contribution in [2.45, 2.75) is 24.9 Å². The van der Waals surface area contributed by atoms with Crippen molar-refractivity contribution < 1.29 is 27.4 Å². The smallest absolute Gasteiger partial charge is 0.416 e. The maximum atomic E-state index is 12.5. The quantitative estimate of drug-likeness (QED) is 0.799. The minimum absolute atomic E-state index is 0.117. The van der Waals surface area contributed by atoms with E-state index in [0.717, 1.165) is 12.1 Å². The molecule has 0 aromatic heterocycles. The van der Waals surface area contributed by atoms with Crippen LogP contribution in [-0.4, -0.2) is 25.8 Å². The predicted octanol–water partition coefficient (Wildman–Crippen LogP) is 2.93. The lowest BCUT2D eigenvalue weighted by atomic mass is 9.75. The normalized spacial score (nSPS) is 17.4. The van der Waals surface area contributed by atoms with Gasteiger partial charge in [-0.25, -0.2) is 0 Å². The number of carbonyl (C=O) groups is 1. The predicted molar refractivity (Wildman–Crippen MR) is 65.2 cm³/mol. The van der Waals surface area contributed by atoms with Gasteiger partial charge in [0.25, 0.3) is 0 Å². The van der Waals surface area contributed by atoms with Gasteiger partial charge < -0.3 is 9.47 Å². The molecule has 1 aromatic rings. The van der Waals surface area contributed by atoms with Crippen LogP contribution in [0.3, 0.4) is 0 Å². The van der Waals surface area contributed by atoms with Crippen molar-refractivity contribution in [2.24, 2.45) is 0 Å². The van der Waals surface area contributed by atoms with Crippen LogP contribution in [0.5, 0.6) is 0 Å². The SMILES string of the molecule is CCOC(=O)CC1(c2ccc(C(F)(F)F)cc2)COC1. The zero-order valence-electron chi connectivity index (χ0n) is 11.0. The summed E-state index contributed by atoms with van der Waals surface area (Å²) in [4.78, 5) is 11.6. The maximum absolute atomic E-state index is 12.5. The molecular weight excluding hydrogens is 273 g/mol. The molecule has 6 heteroatoms. The summed E-state index contributed by atoms with van der Waals surface area (Å²) >= 11 is 0. The molecule has 1 saturated heterocycles. The fourth-order valence-electron chi connectivity index (χ4n) is 2.22. The van der Waals surface area contributed by atoms with E-state index < -0.39 is 17.2 Å². The fraction of sp³-hybridized carbons (Fsp3) is 0.500. The molecule has 0 saturated carbocycles. The zero-order chi connectivity index (χ0) is 14.8. The van der Waals surface area contributed by atoms with Crippen LogP contribution in [0.1, 0.15) is 24.5 Å². The highest BCUT2D eigenvalue weighted by Gasteiger charge is 2.43. The number of hydrogen-bond acceptors (Lipinski definition) is 3. The molecular formula is C14H15F3O3. The van der Waals surface area contributed by atoms with Crippen molar-refractivity contribution in [3.63, 3.8) is 0 Å². The molecule has 0 spiro atoms. The molecule has 0 bridgehead atoms. The van der Waals surface area contributed by atoms with E-state index in [9.17, 15) is 18.0 Å². The van der Waals surface area contributed by atoms with E-state index >= 15 is 0 Å². The van der Waals surface area contributed by atoms with Gasteiger partial charge in [0.15, 0.2) is 0 Å². The molecule has 20 heavy (non-hydrogen) atoms. The average molecular weight is 288 g/mol. The first-order chi connectivity index (χ1) is 9.37. The summed E-state index contributed by atoms with van der Waals surface area (Å²) in [6, 6.07) is 4.87. The third-order valence-electron chi connectivity index (χ3n) is 3.37. The van der Waals surface area contributed by atoms with E-state index in [4.69, 9.17) is 9.47 Å². The summed E-state index contributed by atoms with van der Waals surface area (Å²) < 4.78 is 47.6. The molecule has 0 unspecified atom stereocenters. The Bertz CT molecular complexity index is 475. The number of esters is 1. The molecule has 1 heterocycles. The molecule has 0 amide bonds. The molecule has 0 atom stereocenters. The number of alkyl halides is 3. The number of benzene rings is 1. The van der Waals surface area contributed by atoms with Crippen molar-refractivity contribution in [1.29, 1.82) is 0 Å². The van der Waals surface area contributed by atoms with Crippen molar-refractivity contribution in [3.8, 4) is 0 Å². The Hall–Kier alpha value is -1.56. The van der Waals surface area contributed by atoms with Crippen LogP contribution in [0.15, 0.2) is 24.3 Å². The van der Waals surface area contributed by atoms with Gasteiger partial charge in [-0.2, -0.15) is 13.2 Å². The molecule has 110 valence electrons. The Balaban J connectivity index is 2.17. The third-order valence-corrected chi connectivity index (χ3v) is 3.37. The Morgan fingerprint density at radius 2 is 1.90 bits per heavy atom. The molecule has 0 N–H and O–H groups in total. The number of halogens is 3. The van der Waals surface area contributed by atoms with Crippen LogP contribution in [0, 0.1) is 0 Å². The van der Waals surface area contributed by atoms with E-state index in [2.05, 4.69) is 0 Å². The lowest BCUT2D eigenvalue weighted by molar-refractivity contribution is -0.151. The lowest BCUT2D eigenvalue weighted by Gasteiger charge is -2.41. The molecule has 2 rings (SSSR count). The van der Waals surface area contributed by atoms with E-state index in [1.165, 1.54) is 12.1 Å². The van der Waals surface area contributed by atoms with E-state index in [0.29, 0.717) is 18.8 Å². The first kappa shape index (κ1) is 14.8. The highest BCUT2D eigenvalue weighted by atomic mass is 19.4. The summed E-state index contributed by atoms with van der Waals surface area (Å²) in [7, 11) is 0. The number of carbonyl (C=O) groups excluding carboxylic acids is 1. The van der Waals surface area contributed by atoms with Crippen LogP contribution in [-0.2, 0) is 25.9 Å². The van der Waals surface area contributed by atoms with Gasteiger partial charge in [-0.3, -0.25) is 4.79 Å². The van der Waals surface area contributed by atoms with Gasteiger partial charge in [0.1, 0.15) is 0 Å². The van der Waals surface area contributed by atoms with Crippen molar-refractivity contribution in [1.82, 2.24) is 0 Å². The first-order valence-corrected chi connectivity index (χ1v) is 6.28. The maximum Gasteiger partial charge on any atom is 0.416 e. The minimum Gasteiger partial charge on any atom is -0.466 e. The van der Waals surface area contributed by atoms with Crippen LogP contribution < -0.4 is 0 Å². The molecule has 3 nitrogen and oxygen atoms in total. The molecule has 1 fully saturated rings. The van der Waals surface area contributed by atoms with Gasteiger partial charge in [-0.15, -0.1) is 0 Å². The zero-order valence-corrected chi connectivity index (χ0v) is 11.0.